The van der Waals surface area contributed by atoms with Crippen LogP contribution in [0.3, 0.4) is 0 Å². The molecule has 1 saturated heterocycles. The number of esters is 1. The molecule has 5 nitrogen and oxygen atoms in total. The van der Waals surface area contributed by atoms with E-state index in [-0.39, 0.29) is 18.0 Å². The van der Waals surface area contributed by atoms with Crippen molar-refractivity contribution in [3.8, 4) is 11.1 Å². The summed E-state index contributed by atoms with van der Waals surface area (Å²) in [7, 11) is 0.876. The van der Waals surface area contributed by atoms with Crippen molar-refractivity contribution in [1.29, 1.82) is 0 Å². The Labute approximate surface area is 167 Å². The summed E-state index contributed by atoms with van der Waals surface area (Å²) in [6, 6.07) is 8.26. The minimum absolute atomic E-state index is 0.161. The van der Waals surface area contributed by atoms with Gasteiger partial charge in [0.25, 0.3) is 0 Å². The molecule has 2 aromatic carbocycles. The van der Waals surface area contributed by atoms with Crippen LogP contribution in [-0.2, 0) is 25.3 Å². The van der Waals surface area contributed by atoms with Gasteiger partial charge in [-0.25, -0.2) is 0 Å². The molecule has 1 heterocycles. The Morgan fingerprint density at radius 2 is 1.82 bits per heavy atom. The lowest BCUT2D eigenvalue weighted by Crippen LogP contribution is -2.39. The first-order valence-corrected chi connectivity index (χ1v) is 9.49. The van der Waals surface area contributed by atoms with E-state index in [4.69, 9.17) is 19.8 Å². The van der Waals surface area contributed by atoms with E-state index in [0.717, 1.165) is 33.3 Å². The van der Waals surface area contributed by atoms with E-state index < -0.39 is 7.12 Å². The average molecular weight is 381 g/mol. The highest BCUT2D eigenvalue weighted by Crippen LogP contribution is 2.34. The van der Waals surface area contributed by atoms with Gasteiger partial charge in [0.1, 0.15) is 0 Å². The molecule has 1 aliphatic rings. The molecule has 6 heteroatoms. The fourth-order valence-electron chi connectivity index (χ4n) is 3.74. The maximum absolute atomic E-state index is 12.1. The second kappa shape index (κ2) is 7.61. The third-order valence-corrected chi connectivity index (χ3v) is 5.36. The highest BCUT2D eigenvalue weighted by Gasteiger charge is 2.41. The number of benzene rings is 2. The molecule has 1 fully saturated rings. The summed E-state index contributed by atoms with van der Waals surface area (Å²) in [6.07, 6.45) is 0.161. The van der Waals surface area contributed by atoms with Gasteiger partial charge in [0.15, 0.2) is 0 Å². The summed E-state index contributed by atoms with van der Waals surface area (Å²) in [5, 5.41) is 0. The predicted octanol–water partition coefficient (Wildman–Crippen LogP) is 3.10. The van der Waals surface area contributed by atoms with Crippen molar-refractivity contribution in [1.82, 2.24) is 0 Å². The number of nitrogens with two attached hydrogens (primary N) is 1. The third-order valence-electron chi connectivity index (χ3n) is 5.36. The highest BCUT2D eigenvalue weighted by molar-refractivity contribution is 6.64. The molecule has 148 valence electrons. The number of hydrogen-bond acceptors (Lipinski definition) is 5. The molecule has 2 N–H and O–H groups in total. The molecule has 28 heavy (non-hydrogen) atoms. The number of carbonyl (C=O) groups excluding carboxylic acids is 1. The maximum Gasteiger partial charge on any atom is 0.496 e. The molecular weight excluding hydrogens is 353 g/mol. The monoisotopic (exact) mass is 381 g/mol. The van der Waals surface area contributed by atoms with Crippen LogP contribution in [0.4, 0.5) is 5.69 Å². The highest BCUT2D eigenvalue weighted by atomic mass is 16.7. The molecule has 3 rings (SSSR count). The van der Waals surface area contributed by atoms with Gasteiger partial charge in [-0.1, -0.05) is 29.8 Å². The standard InChI is InChI=1S/C22H28BNO4/c1-13-7-9-16(10-8-13)19-15(3)20(23-27-12-22(4,5)28-23)21(24)14(2)17(19)11-18(25)26-6/h7-10H,11-12,24H2,1-6H3. The van der Waals surface area contributed by atoms with Crippen molar-refractivity contribution >= 4 is 24.2 Å². The lowest BCUT2D eigenvalue weighted by molar-refractivity contribution is -0.139. The van der Waals surface area contributed by atoms with Gasteiger partial charge in [0.05, 0.1) is 25.7 Å². The number of ether oxygens (including phenoxy) is 1. The summed E-state index contributed by atoms with van der Waals surface area (Å²) < 4.78 is 17.0. The summed E-state index contributed by atoms with van der Waals surface area (Å²) in [6.45, 7) is 10.5. The number of nitrogen functional groups attached to an aromatic ring is 1. The Bertz CT molecular complexity index is 906. The molecular formula is C22H28BNO4. The number of rotatable bonds is 4. The predicted molar refractivity (Wildman–Crippen MR) is 113 cm³/mol. The van der Waals surface area contributed by atoms with Crippen LogP contribution in [0.5, 0.6) is 0 Å². The van der Waals surface area contributed by atoms with E-state index in [1.54, 1.807) is 0 Å². The van der Waals surface area contributed by atoms with Gasteiger partial charge >= 0.3 is 13.1 Å². The number of anilines is 1. The fourth-order valence-corrected chi connectivity index (χ4v) is 3.74. The minimum Gasteiger partial charge on any atom is -0.469 e. The number of carbonyl (C=O) groups is 1. The van der Waals surface area contributed by atoms with Gasteiger partial charge in [-0.05, 0) is 62.4 Å². The van der Waals surface area contributed by atoms with Crippen LogP contribution in [0.1, 0.15) is 36.1 Å². The van der Waals surface area contributed by atoms with Gasteiger partial charge < -0.3 is 19.8 Å². The summed E-state index contributed by atoms with van der Waals surface area (Å²) in [5.74, 6) is -0.294. The molecule has 0 unspecified atom stereocenters. The molecule has 2 aromatic rings. The zero-order valence-corrected chi connectivity index (χ0v) is 17.5. The topological polar surface area (TPSA) is 70.8 Å². The lowest BCUT2D eigenvalue weighted by Gasteiger charge is -2.24. The largest absolute Gasteiger partial charge is 0.496 e. The molecule has 1 aliphatic heterocycles. The second-order valence-corrected chi connectivity index (χ2v) is 8.07. The number of aryl methyl sites for hydroxylation is 1. The van der Waals surface area contributed by atoms with Gasteiger partial charge in [-0.15, -0.1) is 0 Å². The number of methoxy groups -OCH3 is 1. The van der Waals surface area contributed by atoms with Gasteiger partial charge in [-0.3, -0.25) is 4.79 Å². The smallest absolute Gasteiger partial charge is 0.469 e. The molecule has 0 saturated carbocycles. The number of hydrogen-bond donors (Lipinski definition) is 1. The maximum atomic E-state index is 12.1. The molecule has 0 aromatic heterocycles. The quantitative estimate of drug-likeness (QED) is 0.501. The van der Waals surface area contributed by atoms with E-state index in [2.05, 4.69) is 24.3 Å². The van der Waals surface area contributed by atoms with Crippen molar-refractivity contribution in [3.05, 3.63) is 46.5 Å². The van der Waals surface area contributed by atoms with Crippen molar-refractivity contribution in [2.75, 3.05) is 19.5 Å². The Kier molecular flexibility index (Phi) is 5.55. The van der Waals surface area contributed by atoms with Gasteiger partial charge in [0.2, 0.25) is 0 Å². The van der Waals surface area contributed by atoms with E-state index in [1.165, 1.54) is 12.7 Å². The normalized spacial score (nSPS) is 15.7. The lowest BCUT2D eigenvalue weighted by atomic mass is 9.70. The van der Waals surface area contributed by atoms with Gasteiger partial charge in [-0.2, -0.15) is 0 Å². The molecule has 0 spiro atoms. The van der Waals surface area contributed by atoms with Crippen LogP contribution in [0, 0.1) is 20.8 Å². The molecule has 0 aliphatic carbocycles. The van der Waals surface area contributed by atoms with Crippen LogP contribution in [0.25, 0.3) is 11.1 Å². The van der Waals surface area contributed by atoms with E-state index in [9.17, 15) is 4.79 Å². The molecule has 0 bridgehead atoms. The van der Waals surface area contributed by atoms with Crippen LogP contribution >= 0.6 is 0 Å². The minimum atomic E-state index is -0.523. The van der Waals surface area contributed by atoms with E-state index in [1.807, 2.05) is 34.6 Å². The molecule has 0 atom stereocenters. The van der Waals surface area contributed by atoms with Gasteiger partial charge in [0, 0.05) is 11.2 Å². The third kappa shape index (κ3) is 3.80. The SMILES string of the molecule is COC(=O)Cc1c(C)c(N)c(B2OCC(C)(C)O2)c(C)c1-c1ccc(C)cc1. The van der Waals surface area contributed by atoms with Crippen LogP contribution in [-0.4, -0.2) is 32.4 Å². The Hall–Kier alpha value is -2.31. The summed E-state index contributed by atoms with van der Waals surface area (Å²) >= 11 is 0. The second-order valence-electron chi connectivity index (χ2n) is 8.07. The van der Waals surface area contributed by atoms with Crippen molar-refractivity contribution in [2.24, 2.45) is 0 Å². The van der Waals surface area contributed by atoms with E-state index >= 15 is 0 Å². The van der Waals surface area contributed by atoms with Crippen LogP contribution in [0.2, 0.25) is 0 Å². The average Bonchev–Trinajstić information content (AvgIpc) is 3.00. The summed E-state index contributed by atoms with van der Waals surface area (Å²) in [5.41, 5.74) is 13.5. The Morgan fingerprint density at radius 3 is 2.36 bits per heavy atom. The van der Waals surface area contributed by atoms with Crippen molar-refractivity contribution in [2.45, 2.75) is 46.6 Å². The fraction of sp³-hybridized carbons (Fsp3) is 0.409. The molecule has 0 amide bonds. The molecule has 0 radical (unpaired) electrons. The zero-order valence-electron chi connectivity index (χ0n) is 17.5. The zero-order chi connectivity index (χ0) is 20.6. The first-order chi connectivity index (χ1) is 13.1. The summed E-state index contributed by atoms with van der Waals surface area (Å²) in [4.78, 5) is 12.1. The Morgan fingerprint density at radius 1 is 1.18 bits per heavy atom. The Balaban J connectivity index is 2.24. The first kappa shape index (κ1) is 20.4. The van der Waals surface area contributed by atoms with Crippen molar-refractivity contribution < 1.29 is 18.8 Å². The first-order valence-electron chi connectivity index (χ1n) is 9.49. The van der Waals surface area contributed by atoms with Crippen molar-refractivity contribution in [3.63, 3.8) is 0 Å². The van der Waals surface area contributed by atoms with E-state index in [0.29, 0.717) is 12.3 Å². The van der Waals surface area contributed by atoms with Crippen LogP contribution < -0.4 is 11.2 Å². The van der Waals surface area contributed by atoms with Crippen LogP contribution in [0.15, 0.2) is 24.3 Å².